The first-order valence-electron chi connectivity index (χ1n) is 9.42. The van der Waals surface area contributed by atoms with Gasteiger partial charge in [0.15, 0.2) is 0 Å². The van der Waals surface area contributed by atoms with Crippen LogP contribution < -0.4 is 15.6 Å². The number of ether oxygens (including phenoxy) is 1. The zero-order valence-corrected chi connectivity index (χ0v) is 17.0. The van der Waals surface area contributed by atoms with Crippen molar-refractivity contribution in [1.29, 1.82) is 0 Å². The minimum Gasteiger partial charge on any atom is -0.473 e. The summed E-state index contributed by atoms with van der Waals surface area (Å²) in [5, 5.41) is 4.90. The van der Waals surface area contributed by atoms with Crippen molar-refractivity contribution in [1.82, 2.24) is 14.9 Å². The molecule has 4 aromatic rings. The third-order valence-electron chi connectivity index (χ3n) is 5.01. The van der Waals surface area contributed by atoms with Gasteiger partial charge in [0, 0.05) is 34.1 Å². The fraction of sp³-hybridized carbons (Fsp3) is 0.182. The summed E-state index contributed by atoms with van der Waals surface area (Å²) in [6, 6.07) is 15.3. The SMILES string of the molecule is O=c1c2sc(-c3ccc(Cl)cc3)cc2ccn1-c1ccc(O[C@@H]2CCNC2)nc1. The molecule has 0 unspecified atom stereocenters. The van der Waals surface area contributed by atoms with Crippen molar-refractivity contribution in [3.8, 4) is 22.0 Å². The number of nitrogens with one attached hydrogen (secondary N) is 1. The van der Waals surface area contributed by atoms with Crippen LogP contribution in [0.1, 0.15) is 6.42 Å². The van der Waals surface area contributed by atoms with E-state index in [4.69, 9.17) is 16.3 Å². The van der Waals surface area contributed by atoms with E-state index in [0.29, 0.717) is 10.9 Å². The molecule has 4 heterocycles. The summed E-state index contributed by atoms with van der Waals surface area (Å²) in [4.78, 5) is 18.5. The smallest absolute Gasteiger partial charge is 0.273 e. The van der Waals surface area contributed by atoms with Gasteiger partial charge in [0.25, 0.3) is 5.56 Å². The van der Waals surface area contributed by atoms with E-state index in [2.05, 4.69) is 10.3 Å². The lowest BCUT2D eigenvalue weighted by molar-refractivity contribution is 0.214. The number of aromatic nitrogens is 2. The molecule has 0 aliphatic carbocycles. The number of fused-ring (bicyclic) bond motifs is 1. The topological polar surface area (TPSA) is 56.1 Å². The van der Waals surface area contributed by atoms with Crippen LogP contribution in [0.5, 0.6) is 5.88 Å². The zero-order valence-electron chi connectivity index (χ0n) is 15.5. The van der Waals surface area contributed by atoms with E-state index < -0.39 is 0 Å². The Balaban J connectivity index is 1.46. The molecule has 1 aliphatic rings. The second-order valence-corrected chi connectivity index (χ2v) is 8.47. The Kier molecular flexibility index (Phi) is 4.83. The lowest BCUT2D eigenvalue weighted by atomic mass is 10.2. The minimum absolute atomic E-state index is 0.0526. The van der Waals surface area contributed by atoms with E-state index in [0.717, 1.165) is 45.7 Å². The molecule has 1 N–H and O–H groups in total. The lowest BCUT2D eigenvalue weighted by Gasteiger charge is -2.12. The van der Waals surface area contributed by atoms with Gasteiger partial charge in [0.1, 0.15) is 10.8 Å². The van der Waals surface area contributed by atoms with Crippen LogP contribution in [-0.4, -0.2) is 28.7 Å². The van der Waals surface area contributed by atoms with Gasteiger partial charge in [-0.15, -0.1) is 11.3 Å². The predicted molar refractivity (Wildman–Crippen MR) is 118 cm³/mol. The van der Waals surface area contributed by atoms with Crippen LogP contribution in [-0.2, 0) is 0 Å². The van der Waals surface area contributed by atoms with Gasteiger partial charge in [-0.2, -0.15) is 0 Å². The van der Waals surface area contributed by atoms with Crippen molar-refractivity contribution in [3.05, 3.63) is 76.3 Å². The Hall–Kier alpha value is -2.67. The van der Waals surface area contributed by atoms with E-state index in [1.54, 1.807) is 17.0 Å². The molecule has 5 nitrogen and oxygen atoms in total. The molecule has 0 saturated carbocycles. The summed E-state index contributed by atoms with van der Waals surface area (Å²) in [5.41, 5.74) is 1.71. The highest BCUT2D eigenvalue weighted by Gasteiger charge is 2.16. The Labute approximate surface area is 176 Å². The number of rotatable bonds is 4. The first-order chi connectivity index (χ1) is 14.2. The Bertz CT molecular complexity index is 1210. The third-order valence-corrected chi connectivity index (χ3v) is 6.45. The second kappa shape index (κ2) is 7.63. The number of benzene rings is 1. The molecule has 1 atom stereocenters. The summed E-state index contributed by atoms with van der Waals surface area (Å²) in [6.45, 7) is 1.81. The molecule has 1 aliphatic heterocycles. The van der Waals surface area contributed by atoms with Gasteiger partial charge in [0.2, 0.25) is 5.88 Å². The summed E-state index contributed by atoms with van der Waals surface area (Å²) in [5.74, 6) is 0.581. The van der Waals surface area contributed by atoms with Gasteiger partial charge >= 0.3 is 0 Å². The van der Waals surface area contributed by atoms with Crippen LogP contribution in [0.4, 0.5) is 0 Å². The van der Waals surface area contributed by atoms with Crippen molar-refractivity contribution in [2.45, 2.75) is 12.5 Å². The van der Waals surface area contributed by atoms with Crippen molar-refractivity contribution in [2.24, 2.45) is 0 Å². The van der Waals surface area contributed by atoms with Crippen molar-refractivity contribution < 1.29 is 4.74 Å². The molecule has 3 aromatic heterocycles. The molecule has 0 bridgehead atoms. The Morgan fingerprint density at radius 2 is 2.03 bits per heavy atom. The largest absolute Gasteiger partial charge is 0.473 e. The number of pyridine rings is 2. The monoisotopic (exact) mass is 423 g/mol. The maximum absolute atomic E-state index is 13.1. The first kappa shape index (κ1) is 18.4. The predicted octanol–water partition coefficient (Wildman–Crippen LogP) is 4.51. The quantitative estimate of drug-likeness (QED) is 0.524. The molecule has 1 fully saturated rings. The fourth-order valence-electron chi connectivity index (χ4n) is 3.47. The fourth-order valence-corrected chi connectivity index (χ4v) is 4.69. The van der Waals surface area contributed by atoms with E-state index in [1.807, 2.05) is 48.5 Å². The molecule has 0 amide bonds. The van der Waals surface area contributed by atoms with Crippen molar-refractivity contribution in [2.75, 3.05) is 13.1 Å². The second-order valence-electron chi connectivity index (χ2n) is 6.98. The van der Waals surface area contributed by atoms with E-state index in [-0.39, 0.29) is 11.7 Å². The van der Waals surface area contributed by atoms with Crippen LogP contribution in [0, 0.1) is 0 Å². The van der Waals surface area contributed by atoms with E-state index in [9.17, 15) is 4.79 Å². The molecule has 1 aromatic carbocycles. The minimum atomic E-state index is -0.0526. The zero-order chi connectivity index (χ0) is 19.8. The molecular weight excluding hydrogens is 406 g/mol. The van der Waals surface area contributed by atoms with Gasteiger partial charge in [-0.3, -0.25) is 9.36 Å². The van der Waals surface area contributed by atoms with E-state index in [1.165, 1.54) is 11.3 Å². The van der Waals surface area contributed by atoms with E-state index >= 15 is 0 Å². The molecular formula is C22H18ClN3O2S. The average Bonchev–Trinajstić information content (AvgIpc) is 3.40. The molecule has 1 saturated heterocycles. The lowest BCUT2D eigenvalue weighted by Crippen LogP contribution is -2.20. The van der Waals surface area contributed by atoms with Gasteiger partial charge in [0.05, 0.1) is 11.9 Å². The first-order valence-corrected chi connectivity index (χ1v) is 10.6. The molecule has 0 spiro atoms. The average molecular weight is 424 g/mol. The van der Waals surface area contributed by atoms with Gasteiger partial charge in [-0.05, 0) is 48.9 Å². The molecule has 7 heteroatoms. The van der Waals surface area contributed by atoms with Crippen LogP contribution in [0.25, 0.3) is 26.2 Å². The van der Waals surface area contributed by atoms with Gasteiger partial charge < -0.3 is 10.1 Å². The van der Waals surface area contributed by atoms with Crippen LogP contribution >= 0.6 is 22.9 Å². The number of nitrogens with zero attached hydrogens (tertiary/aromatic N) is 2. The van der Waals surface area contributed by atoms with Crippen molar-refractivity contribution in [3.63, 3.8) is 0 Å². The Morgan fingerprint density at radius 3 is 2.76 bits per heavy atom. The van der Waals surface area contributed by atoms with Gasteiger partial charge in [-0.1, -0.05) is 23.7 Å². The highest BCUT2D eigenvalue weighted by Crippen LogP contribution is 2.32. The highest BCUT2D eigenvalue weighted by atomic mass is 35.5. The normalized spacial score (nSPS) is 16.4. The highest BCUT2D eigenvalue weighted by molar-refractivity contribution is 7.22. The van der Waals surface area contributed by atoms with Crippen LogP contribution in [0.2, 0.25) is 5.02 Å². The number of thiophene rings is 1. The summed E-state index contributed by atoms with van der Waals surface area (Å²) < 4.78 is 8.20. The molecule has 146 valence electrons. The molecule has 5 rings (SSSR count). The van der Waals surface area contributed by atoms with Crippen molar-refractivity contribution >= 4 is 33.0 Å². The van der Waals surface area contributed by atoms with Gasteiger partial charge in [-0.25, -0.2) is 4.98 Å². The summed E-state index contributed by atoms with van der Waals surface area (Å²) in [6.07, 6.45) is 4.61. The molecule has 29 heavy (non-hydrogen) atoms. The maximum Gasteiger partial charge on any atom is 0.273 e. The maximum atomic E-state index is 13.1. The van der Waals surface area contributed by atoms with Crippen LogP contribution in [0.15, 0.2) is 65.7 Å². The number of halogens is 1. The standard InChI is InChI=1S/C22H18ClN3O2S/c23-16-3-1-14(2-4-16)19-11-15-8-10-26(22(27)21(15)29-19)17-5-6-20(25-12-17)28-18-7-9-24-13-18/h1-6,8,10-12,18,24H,7,9,13H2/t18-/m1/s1. The number of hydrogen-bond acceptors (Lipinski definition) is 5. The summed E-state index contributed by atoms with van der Waals surface area (Å²) >= 11 is 7.47. The third kappa shape index (κ3) is 3.67. The Morgan fingerprint density at radius 1 is 1.17 bits per heavy atom. The number of hydrogen-bond donors (Lipinski definition) is 1. The van der Waals surface area contributed by atoms with Crippen LogP contribution in [0.3, 0.4) is 0 Å². The summed E-state index contributed by atoms with van der Waals surface area (Å²) in [7, 11) is 0. The molecule has 0 radical (unpaired) electrons.